The second-order valence-electron chi connectivity index (χ2n) is 8.57. The van der Waals surface area contributed by atoms with Crippen molar-refractivity contribution in [2.45, 2.75) is 50.9 Å². The van der Waals surface area contributed by atoms with Crippen molar-refractivity contribution in [3.8, 4) is 0 Å². The van der Waals surface area contributed by atoms with E-state index in [1.807, 2.05) is 23.1 Å². The Bertz CT molecular complexity index is 891. The molecule has 0 amide bonds. The molecule has 1 aliphatic carbocycles. The number of likely N-dealkylation sites (tertiary alicyclic amines) is 1. The molecule has 5 rings (SSSR count). The second kappa shape index (κ2) is 8.52. The summed E-state index contributed by atoms with van der Waals surface area (Å²) in [5.74, 6) is 0. The highest BCUT2D eigenvalue weighted by molar-refractivity contribution is 5.33. The molecule has 1 fully saturated rings. The Morgan fingerprint density at radius 1 is 0.931 bits per heavy atom. The van der Waals surface area contributed by atoms with E-state index in [-0.39, 0.29) is 0 Å². The molecule has 1 saturated heterocycles. The van der Waals surface area contributed by atoms with E-state index in [1.165, 1.54) is 49.9 Å². The van der Waals surface area contributed by atoms with Crippen LogP contribution in [0.15, 0.2) is 67.0 Å². The van der Waals surface area contributed by atoms with Gasteiger partial charge in [-0.05, 0) is 60.5 Å². The van der Waals surface area contributed by atoms with Gasteiger partial charge in [-0.25, -0.2) is 0 Å². The highest BCUT2D eigenvalue weighted by atomic mass is 15.3. The average molecular weight is 387 g/mol. The van der Waals surface area contributed by atoms with Gasteiger partial charge >= 0.3 is 0 Å². The van der Waals surface area contributed by atoms with Gasteiger partial charge in [0.05, 0.1) is 6.54 Å². The first-order chi connectivity index (χ1) is 14.3. The van der Waals surface area contributed by atoms with E-state index >= 15 is 0 Å². The van der Waals surface area contributed by atoms with Crippen LogP contribution in [0.5, 0.6) is 0 Å². The van der Waals surface area contributed by atoms with E-state index in [4.69, 9.17) is 0 Å². The second-order valence-corrected chi connectivity index (χ2v) is 8.57. The number of fused-ring (bicyclic) bond motifs is 1. The maximum atomic E-state index is 4.28. The highest BCUT2D eigenvalue weighted by Gasteiger charge is 2.30. The first-order valence-corrected chi connectivity index (χ1v) is 10.9. The molecular formula is C25H30N4. The molecule has 0 spiro atoms. The number of benzene rings is 2. The molecule has 4 heteroatoms. The van der Waals surface area contributed by atoms with Crippen LogP contribution in [0.25, 0.3) is 0 Å². The van der Waals surface area contributed by atoms with Gasteiger partial charge in [-0.1, -0.05) is 48.5 Å². The van der Waals surface area contributed by atoms with Gasteiger partial charge in [-0.3, -0.25) is 9.58 Å². The third-order valence-corrected chi connectivity index (χ3v) is 6.52. The van der Waals surface area contributed by atoms with Crippen LogP contribution >= 0.6 is 0 Å². The standard InChI is InChI=1S/C25H30N4/c1-2-6-23-16-25(15-22(23)5-1)28-13-3-7-24(19-28)26-17-20-8-10-21(11-9-20)18-29-14-4-12-27-29/h1-2,4-6,8-12,14,24-26H,3,7,13,15-19H2. The number of aromatic nitrogens is 2. The van der Waals surface area contributed by atoms with Crippen molar-refractivity contribution in [2.75, 3.05) is 13.1 Å². The topological polar surface area (TPSA) is 33.1 Å². The van der Waals surface area contributed by atoms with Gasteiger partial charge in [0.2, 0.25) is 0 Å². The summed E-state index contributed by atoms with van der Waals surface area (Å²) in [6, 6.07) is 21.2. The van der Waals surface area contributed by atoms with Crippen molar-refractivity contribution in [3.05, 3.63) is 89.2 Å². The minimum atomic E-state index is 0.594. The third-order valence-electron chi connectivity index (χ3n) is 6.52. The van der Waals surface area contributed by atoms with E-state index in [1.54, 1.807) is 11.1 Å². The quantitative estimate of drug-likeness (QED) is 0.702. The molecule has 0 saturated carbocycles. The smallest absolute Gasteiger partial charge is 0.0659 e. The highest BCUT2D eigenvalue weighted by Crippen LogP contribution is 2.27. The molecule has 150 valence electrons. The molecule has 0 bridgehead atoms. The van der Waals surface area contributed by atoms with Crippen LogP contribution in [0.1, 0.15) is 35.1 Å². The minimum absolute atomic E-state index is 0.594. The lowest BCUT2D eigenvalue weighted by molar-refractivity contribution is 0.140. The number of rotatable bonds is 6. The van der Waals surface area contributed by atoms with Gasteiger partial charge in [-0.2, -0.15) is 5.10 Å². The van der Waals surface area contributed by atoms with Crippen LogP contribution < -0.4 is 5.32 Å². The van der Waals surface area contributed by atoms with Gasteiger partial charge in [0.1, 0.15) is 0 Å². The molecule has 1 aromatic heterocycles. The molecule has 1 N–H and O–H groups in total. The van der Waals surface area contributed by atoms with Crippen molar-refractivity contribution < 1.29 is 0 Å². The van der Waals surface area contributed by atoms with Gasteiger partial charge in [0, 0.05) is 37.6 Å². The molecule has 4 nitrogen and oxygen atoms in total. The van der Waals surface area contributed by atoms with E-state index < -0.39 is 0 Å². The van der Waals surface area contributed by atoms with E-state index in [2.05, 4.69) is 63.8 Å². The summed E-state index contributed by atoms with van der Waals surface area (Å²) in [6.07, 6.45) is 8.87. The third kappa shape index (κ3) is 4.44. The first-order valence-electron chi connectivity index (χ1n) is 10.9. The molecule has 3 aromatic rings. The van der Waals surface area contributed by atoms with Crippen molar-refractivity contribution in [1.82, 2.24) is 20.0 Å². The summed E-state index contributed by atoms with van der Waals surface area (Å²) in [6.45, 7) is 4.21. The lowest BCUT2D eigenvalue weighted by Crippen LogP contribution is -2.49. The number of hydrogen-bond acceptors (Lipinski definition) is 3. The van der Waals surface area contributed by atoms with Crippen molar-refractivity contribution in [2.24, 2.45) is 0 Å². The normalized spacial score (nSPS) is 20.1. The largest absolute Gasteiger partial charge is 0.309 e. The molecule has 1 unspecified atom stereocenters. The summed E-state index contributed by atoms with van der Waals surface area (Å²) >= 11 is 0. The van der Waals surface area contributed by atoms with Gasteiger partial charge in [0.25, 0.3) is 0 Å². The van der Waals surface area contributed by atoms with Crippen LogP contribution in [0.3, 0.4) is 0 Å². The van der Waals surface area contributed by atoms with Gasteiger partial charge in [-0.15, -0.1) is 0 Å². The lowest BCUT2D eigenvalue weighted by atomic mass is 10.0. The predicted octanol–water partition coefficient (Wildman–Crippen LogP) is 3.65. The van der Waals surface area contributed by atoms with Crippen molar-refractivity contribution >= 4 is 0 Å². The van der Waals surface area contributed by atoms with E-state index in [9.17, 15) is 0 Å². The van der Waals surface area contributed by atoms with Crippen molar-refractivity contribution in [3.63, 3.8) is 0 Å². The Labute approximate surface area is 173 Å². The molecule has 2 aromatic carbocycles. The van der Waals surface area contributed by atoms with Crippen LogP contribution in [0, 0.1) is 0 Å². The van der Waals surface area contributed by atoms with Crippen LogP contribution in [-0.4, -0.2) is 39.9 Å². The minimum Gasteiger partial charge on any atom is -0.309 e. The maximum absolute atomic E-state index is 4.28. The SMILES string of the molecule is c1ccc2c(c1)CC(N1CCCC(NCc3ccc(Cn4cccn4)cc3)C1)C2. The zero-order valence-corrected chi connectivity index (χ0v) is 17.0. The molecule has 1 aliphatic heterocycles. The fourth-order valence-corrected chi connectivity index (χ4v) is 4.90. The summed E-state index contributed by atoms with van der Waals surface area (Å²) in [7, 11) is 0. The number of nitrogens with one attached hydrogen (secondary N) is 1. The molecular weight excluding hydrogens is 356 g/mol. The summed E-state index contributed by atoms with van der Waals surface area (Å²) in [4.78, 5) is 2.73. The summed E-state index contributed by atoms with van der Waals surface area (Å²) in [5, 5.41) is 8.10. The average Bonchev–Trinajstić information content (AvgIpc) is 3.43. The zero-order valence-electron chi connectivity index (χ0n) is 17.0. The number of nitrogens with zero attached hydrogens (tertiary/aromatic N) is 3. The molecule has 0 radical (unpaired) electrons. The zero-order chi connectivity index (χ0) is 19.5. The summed E-state index contributed by atoms with van der Waals surface area (Å²) in [5.41, 5.74) is 5.77. The van der Waals surface area contributed by atoms with Crippen molar-refractivity contribution in [1.29, 1.82) is 0 Å². The number of hydrogen-bond donors (Lipinski definition) is 1. The Morgan fingerprint density at radius 2 is 1.69 bits per heavy atom. The van der Waals surface area contributed by atoms with Crippen LogP contribution in [-0.2, 0) is 25.9 Å². The van der Waals surface area contributed by atoms with E-state index in [0.717, 1.165) is 13.1 Å². The fraction of sp³-hybridized carbons (Fsp3) is 0.400. The Balaban J connectivity index is 1.12. The predicted molar refractivity (Wildman–Crippen MR) is 117 cm³/mol. The first kappa shape index (κ1) is 18.6. The van der Waals surface area contributed by atoms with Gasteiger partial charge in [0.15, 0.2) is 0 Å². The molecule has 2 heterocycles. The van der Waals surface area contributed by atoms with Crippen LogP contribution in [0.2, 0.25) is 0 Å². The number of piperidine rings is 1. The lowest BCUT2D eigenvalue weighted by Gasteiger charge is -2.37. The monoisotopic (exact) mass is 386 g/mol. The summed E-state index contributed by atoms with van der Waals surface area (Å²) < 4.78 is 1.96. The fourth-order valence-electron chi connectivity index (χ4n) is 4.90. The molecule has 2 aliphatic rings. The van der Waals surface area contributed by atoms with E-state index in [0.29, 0.717) is 12.1 Å². The molecule has 29 heavy (non-hydrogen) atoms. The Kier molecular flexibility index (Phi) is 5.46. The van der Waals surface area contributed by atoms with Gasteiger partial charge < -0.3 is 5.32 Å². The molecule has 1 atom stereocenters. The Morgan fingerprint density at radius 3 is 2.41 bits per heavy atom. The maximum Gasteiger partial charge on any atom is 0.0659 e. The van der Waals surface area contributed by atoms with Crippen LogP contribution in [0.4, 0.5) is 0 Å². The Hall–Kier alpha value is -2.43.